The maximum Gasteiger partial charge on any atom is 0.226 e. The fourth-order valence-electron chi connectivity index (χ4n) is 2.00. The summed E-state index contributed by atoms with van der Waals surface area (Å²) in [7, 11) is 0. The number of carbonyl (C=O) groups is 1. The number of rotatable bonds is 4. The van der Waals surface area contributed by atoms with Gasteiger partial charge in [-0.15, -0.1) is 0 Å². The molecule has 0 aliphatic carbocycles. The largest absolute Gasteiger partial charge is 0.369 e. The van der Waals surface area contributed by atoms with Crippen LogP contribution in [-0.2, 0) is 4.79 Å². The van der Waals surface area contributed by atoms with Crippen LogP contribution in [0.3, 0.4) is 0 Å². The van der Waals surface area contributed by atoms with Crippen LogP contribution in [-0.4, -0.2) is 10.9 Å². The van der Waals surface area contributed by atoms with Crippen LogP contribution in [0.1, 0.15) is 23.1 Å². The van der Waals surface area contributed by atoms with E-state index in [9.17, 15) is 4.79 Å². The molecule has 1 aromatic carbocycles. The first-order valence-electron chi connectivity index (χ1n) is 5.80. The maximum atomic E-state index is 11.7. The predicted molar refractivity (Wildman–Crippen MR) is 74.6 cm³/mol. The number of primary amides is 1. The highest BCUT2D eigenvalue weighted by Crippen LogP contribution is 2.29. The number of pyridine rings is 1. The maximum absolute atomic E-state index is 11.7. The topological polar surface area (TPSA) is 82.0 Å². The fraction of sp³-hybridized carbons (Fsp3) is 0.143. The highest BCUT2D eigenvalue weighted by atomic mass is 35.5. The predicted octanol–water partition coefficient (Wildman–Crippen LogP) is 2.00. The number of carbonyl (C=O) groups excluding carboxylic acids is 1. The van der Waals surface area contributed by atoms with E-state index in [1.807, 2.05) is 0 Å². The standard InChI is InChI=1S/C14H14ClN3O/c15-11-3-1-9(2-4-11)12(14(17)19)13(16)10-5-7-18-8-6-10/h1-8,12-13H,16H2,(H2,17,19). The van der Waals surface area contributed by atoms with Gasteiger partial charge < -0.3 is 11.5 Å². The minimum Gasteiger partial charge on any atom is -0.369 e. The van der Waals surface area contributed by atoms with E-state index in [2.05, 4.69) is 4.98 Å². The second kappa shape index (κ2) is 5.82. The molecule has 0 aliphatic heterocycles. The Hall–Kier alpha value is -1.91. The van der Waals surface area contributed by atoms with E-state index in [0.717, 1.165) is 11.1 Å². The quantitative estimate of drug-likeness (QED) is 0.895. The molecule has 2 aromatic rings. The van der Waals surface area contributed by atoms with Crippen molar-refractivity contribution in [1.29, 1.82) is 0 Å². The molecule has 98 valence electrons. The van der Waals surface area contributed by atoms with Gasteiger partial charge in [0.15, 0.2) is 0 Å². The number of nitrogens with zero attached hydrogens (tertiary/aromatic N) is 1. The molecule has 0 saturated heterocycles. The van der Waals surface area contributed by atoms with Crippen LogP contribution in [0, 0.1) is 0 Å². The van der Waals surface area contributed by atoms with Crippen molar-refractivity contribution in [2.24, 2.45) is 11.5 Å². The lowest BCUT2D eigenvalue weighted by Crippen LogP contribution is -2.31. The molecule has 19 heavy (non-hydrogen) atoms. The van der Waals surface area contributed by atoms with Crippen molar-refractivity contribution in [1.82, 2.24) is 4.98 Å². The van der Waals surface area contributed by atoms with Crippen LogP contribution in [0.4, 0.5) is 0 Å². The molecule has 0 saturated carbocycles. The highest BCUT2D eigenvalue weighted by Gasteiger charge is 2.26. The van der Waals surface area contributed by atoms with Crippen molar-refractivity contribution in [3.8, 4) is 0 Å². The number of hydrogen-bond acceptors (Lipinski definition) is 3. The SMILES string of the molecule is NC(=O)C(c1ccc(Cl)cc1)C(N)c1ccncc1. The van der Waals surface area contributed by atoms with Crippen LogP contribution in [0.15, 0.2) is 48.8 Å². The smallest absolute Gasteiger partial charge is 0.226 e. The summed E-state index contributed by atoms with van der Waals surface area (Å²) in [5.74, 6) is -1.06. The monoisotopic (exact) mass is 275 g/mol. The summed E-state index contributed by atoms with van der Waals surface area (Å²) >= 11 is 5.84. The zero-order valence-corrected chi connectivity index (χ0v) is 10.9. The molecule has 0 radical (unpaired) electrons. The Bertz CT molecular complexity index is 557. The zero-order valence-electron chi connectivity index (χ0n) is 10.2. The first-order valence-corrected chi connectivity index (χ1v) is 6.17. The summed E-state index contributed by atoms with van der Waals surface area (Å²) in [6.07, 6.45) is 3.27. The van der Waals surface area contributed by atoms with E-state index in [1.54, 1.807) is 48.8 Å². The lowest BCUT2D eigenvalue weighted by atomic mass is 9.87. The Labute approximate surface area is 116 Å². The van der Waals surface area contributed by atoms with Gasteiger partial charge in [-0.3, -0.25) is 9.78 Å². The fourth-order valence-corrected chi connectivity index (χ4v) is 2.12. The lowest BCUT2D eigenvalue weighted by Gasteiger charge is -2.21. The molecule has 1 heterocycles. The van der Waals surface area contributed by atoms with E-state index in [4.69, 9.17) is 23.1 Å². The average Bonchev–Trinajstić information content (AvgIpc) is 2.42. The molecule has 4 N–H and O–H groups in total. The van der Waals surface area contributed by atoms with Gasteiger partial charge in [0, 0.05) is 23.5 Å². The molecule has 0 fully saturated rings. The van der Waals surface area contributed by atoms with Crippen molar-refractivity contribution in [3.63, 3.8) is 0 Å². The summed E-state index contributed by atoms with van der Waals surface area (Å²) in [6.45, 7) is 0. The molecule has 1 amide bonds. The third-order valence-electron chi connectivity index (χ3n) is 2.99. The first-order chi connectivity index (χ1) is 9.09. The van der Waals surface area contributed by atoms with Gasteiger partial charge in [-0.2, -0.15) is 0 Å². The van der Waals surface area contributed by atoms with E-state index < -0.39 is 17.9 Å². The molecule has 4 nitrogen and oxygen atoms in total. The van der Waals surface area contributed by atoms with Gasteiger partial charge in [0.05, 0.1) is 5.92 Å². The van der Waals surface area contributed by atoms with Crippen molar-refractivity contribution in [3.05, 3.63) is 64.9 Å². The number of halogens is 1. The van der Waals surface area contributed by atoms with E-state index in [-0.39, 0.29) is 0 Å². The summed E-state index contributed by atoms with van der Waals surface area (Å²) in [5.41, 5.74) is 13.2. The minimum atomic E-state index is -0.598. The number of amides is 1. The molecule has 0 bridgehead atoms. The van der Waals surface area contributed by atoms with Gasteiger partial charge in [-0.05, 0) is 35.4 Å². The third-order valence-corrected chi connectivity index (χ3v) is 3.24. The van der Waals surface area contributed by atoms with Crippen LogP contribution < -0.4 is 11.5 Å². The van der Waals surface area contributed by atoms with Crippen molar-refractivity contribution < 1.29 is 4.79 Å². The van der Waals surface area contributed by atoms with Gasteiger partial charge in [-0.25, -0.2) is 0 Å². The Balaban J connectivity index is 2.36. The van der Waals surface area contributed by atoms with Crippen molar-refractivity contribution in [2.45, 2.75) is 12.0 Å². The molecule has 0 aliphatic rings. The number of hydrogen-bond donors (Lipinski definition) is 2. The summed E-state index contributed by atoms with van der Waals surface area (Å²) < 4.78 is 0. The zero-order chi connectivity index (χ0) is 13.8. The molecule has 2 unspecified atom stereocenters. The lowest BCUT2D eigenvalue weighted by molar-refractivity contribution is -0.119. The van der Waals surface area contributed by atoms with Crippen LogP contribution in [0.5, 0.6) is 0 Å². The Kier molecular flexibility index (Phi) is 4.14. The van der Waals surface area contributed by atoms with Gasteiger partial charge in [0.1, 0.15) is 0 Å². The van der Waals surface area contributed by atoms with Gasteiger partial charge >= 0.3 is 0 Å². The molecule has 5 heteroatoms. The Morgan fingerprint density at radius 3 is 2.16 bits per heavy atom. The van der Waals surface area contributed by atoms with Crippen molar-refractivity contribution >= 4 is 17.5 Å². The van der Waals surface area contributed by atoms with Gasteiger partial charge in [-0.1, -0.05) is 23.7 Å². The summed E-state index contributed by atoms with van der Waals surface area (Å²) in [6, 6.07) is 9.99. The number of aromatic nitrogens is 1. The summed E-state index contributed by atoms with van der Waals surface area (Å²) in [4.78, 5) is 15.6. The molecular weight excluding hydrogens is 262 g/mol. The second-order valence-corrected chi connectivity index (χ2v) is 4.67. The Morgan fingerprint density at radius 1 is 1.05 bits per heavy atom. The van der Waals surface area contributed by atoms with Gasteiger partial charge in [0.25, 0.3) is 0 Å². The van der Waals surface area contributed by atoms with Crippen LogP contribution in [0.25, 0.3) is 0 Å². The molecule has 1 aromatic heterocycles. The minimum absolute atomic E-state index is 0.466. The average molecular weight is 276 g/mol. The van der Waals surface area contributed by atoms with Crippen LogP contribution in [0.2, 0.25) is 5.02 Å². The number of benzene rings is 1. The van der Waals surface area contributed by atoms with Crippen molar-refractivity contribution in [2.75, 3.05) is 0 Å². The Morgan fingerprint density at radius 2 is 1.63 bits per heavy atom. The molecule has 0 spiro atoms. The highest BCUT2D eigenvalue weighted by molar-refractivity contribution is 6.30. The first kappa shape index (κ1) is 13.5. The molecule has 2 atom stereocenters. The third kappa shape index (κ3) is 3.10. The van der Waals surface area contributed by atoms with Crippen LogP contribution >= 0.6 is 11.6 Å². The summed E-state index contributed by atoms with van der Waals surface area (Å²) in [5, 5.41) is 0.601. The number of nitrogens with two attached hydrogens (primary N) is 2. The molecular formula is C14H14ClN3O. The van der Waals surface area contributed by atoms with E-state index in [0.29, 0.717) is 5.02 Å². The second-order valence-electron chi connectivity index (χ2n) is 4.24. The molecule has 2 rings (SSSR count). The van der Waals surface area contributed by atoms with E-state index in [1.165, 1.54) is 0 Å². The van der Waals surface area contributed by atoms with E-state index >= 15 is 0 Å². The normalized spacial score (nSPS) is 13.8. The van der Waals surface area contributed by atoms with Gasteiger partial charge in [0.2, 0.25) is 5.91 Å².